The molecule has 4 rings (SSSR count). The monoisotopic (exact) mass is 443 g/mol. The van der Waals surface area contributed by atoms with E-state index in [1.807, 2.05) is 61.5 Å². The van der Waals surface area contributed by atoms with Crippen LogP contribution in [0.4, 0.5) is 4.39 Å². The number of amides is 1. The lowest BCUT2D eigenvalue weighted by molar-refractivity contribution is -0.120. The van der Waals surface area contributed by atoms with Crippen LogP contribution in [0.3, 0.4) is 0 Å². The molecule has 0 heterocycles. The molecule has 1 aliphatic rings. The molecule has 0 saturated heterocycles. The molecule has 0 bridgehead atoms. The van der Waals surface area contributed by atoms with Gasteiger partial charge in [0.15, 0.2) is 0 Å². The van der Waals surface area contributed by atoms with Crippen LogP contribution in [0, 0.1) is 5.82 Å². The minimum absolute atomic E-state index is 0.104. The van der Waals surface area contributed by atoms with Crippen molar-refractivity contribution in [2.45, 2.75) is 19.9 Å². The molecule has 0 atom stereocenters. The fourth-order valence-electron chi connectivity index (χ4n) is 4.08. The Labute approximate surface area is 193 Å². The van der Waals surface area contributed by atoms with Crippen LogP contribution in [0.15, 0.2) is 72.3 Å². The number of halogens is 1. The van der Waals surface area contributed by atoms with Gasteiger partial charge in [-0.15, -0.1) is 0 Å². The Hall–Kier alpha value is -3.86. The van der Waals surface area contributed by atoms with E-state index in [1.165, 1.54) is 12.1 Å². The maximum Gasteiger partial charge on any atom is 0.224 e. The molecular weight excluding hydrogens is 417 g/mol. The Morgan fingerprint density at radius 2 is 1.64 bits per heavy atom. The summed E-state index contributed by atoms with van der Waals surface area (Å²) in [5.41, 5.74) is 6.31. The van der Waals surface area contributed by atoms with Crippen molar-refractivity contribution in [3.63, 3.8) is 0 Å². The number of carbonyl (C=O) groups is 1. The lowest BCUT2D eigenvalue weighted by Gasteiger charge is -2.08. The van der Waals surface area contributed by atoms with Gasteiger partial charge < -0.3 is 14.8 Å². The van der Waals surface area contributed by atoms with Crippen LogP contribution in [-0.2, 0) is 11.3 Å². The highest BCUT2D eigenvalue weighted by atomic mass is 19.1. The molecule has 0 aromatic heterocycles. The van der Waals surface area contributed by atoms with Gasteiger partial charge in [-0.05, 0) is 76.2 Å². The minimum Gasteiger partial charge on any atom is -0.497 e. The van der Waals surface area contributed by atoms with Crippen molar-refractivity contribution in [3.8, 4) is 11.5 Å². The lowest BCUT2D eigenvalue weighted by Crippen LogP contribution is -2.22. The number of rotatable bonds is 7. The maximum absolute atomic E-state index is 14.1. The molecule has 4 nitrogen and oxygen atoms in total. The second kappa shape index (κ2) is 9.74. The highest BCUT2D eigenvalue weighted by Crippen LogP contribution is 2.44. The number of fused-ring (bicyclic) bond motifs is 1. The van der Waals surface area contributed by atoms with Gasteiger partial charge in [0.05, 0.1) is 20.6 Å². The zero-order valence-corrected chi connectivity index (χ0v) is 18.9. The highest BCUT2D eigenvalue weighted by molar-refractivity contribution is 6.08. The van der Waals surface area contributed by atoms with Gasteiger partial charge >= 0.3 is 0 Å². The highest BCUT2D eigenvalue weighted by Gasteiger charge is 2.26. The van der Waals surface area contributed by atoms with Gasteiger partial charge in [-0.25, -0.2) is 4.39 Å². The minimum atomic E-state index is -0.326. The van der Waals surface area contributed by atoms with Gasteiger partial charge in [-0.1, -0.05) is 36.4 Å². The first-order valence-corrected chi connectivity index (χ1v) is 10.7. The zero-order valence-electron chi connectivity index (χ0n) is 18.9. The number of allylic oxidation sites excluding steroid dienone is 2. The van der Waals surface area contributed by atoms with Crippen LogP contribution in [0.1, 0.15) is 35.6 Å². The molecule has 1 aliphatic carbocycles. The normalized spacial score (nSPS) is 13.8. The Bertz CT molecular complexity index is 1220. The summed E-state index contributed by atoms with van der Waals surface area (Å²) in [5.74, 6) is 0.933. The summed E-state index contributed by atoms with van der Waals surface area (Å²) < 4.78 is 24.9. The number of hydrogen-bond acceptors (Lipinski definition) is 3. The molecule has 0 aliphatic heterocycles. The number of ether oxygens (including phenoxy) is 2. The molecule has 0 radical (unpaired) electrons. The van der Waals surface area contributed by atoms with Gasteiger partial charge in [-0.2, -0.15) is 0 Å². The van der Waals surface area contributed by atoms with Crippen molar-refractivity contribution in [1.29, 1.82) is 0 Å². The van der Waals surface area contributed by atoms with Crippen molar-refractivity contribution in [2.24, 2.45) is 0 Å². The van der Waals surface area contributed by atoms with Crippen molar-refractivity contribution in [1.82, 2.24) is 5.32 Å². The van der Waals surface area contributed by atoms with E-state index in [0.717, 1.165) is 39.0 Å². The van der Waals surface area contributed by atoms with Crippen LogP contribution >= 0.6 is 0 Å². The van der Waals surface area contributed by atoms with E-state index >= 15 is 0 Å². The number of carbonyl (C=O) groups excluding carboxylic acids is 1. The topological polar surface area (TPSA) is 47.6 Å². The van der Waals surface area contributed by atoms with Crippen LogP contribution in [0.2, 0.25) is 0 Å². The average Bonchev–Trinajstić information content (AvgIpc) is 3.08. The summed E-state index contributed by atoms with van der Waals surface area (Å²) in [5, 5.41) is 2.97. The predicted octanol–water partition coefficient (Wildman–Crippen LogP) is 5.88. The lowest BCUT2D eigenvalue weighted by atomic mass is 10.0. The fraction of sp³-hybridized carbons (Fsp3) is 0.179. The van der Waals surface area contributed by atoms with E-state index in [4.69, 9.17) is 9.47 Å². The second-order valence-electron chi connectivity index (χ2n) is 7.94. The van der Waals surface area contributed by atoms with E-state index in [9.17, 15) is 9.18 Å². The molecule has 0 unspecified atom stereocenters. The molecular formula is C28H26FNO3. The SMILES string of the molecule is COc1cc(C=C2C(C)=C(CC(=O)NCc3ccccc3)c3cc(F)ccc32)cc(OC)c1. The first-order valence-electron chi connectivity index (χ1n) is 10.7. The third-order valence-electron chi connectivity index (χ3n) is 5.81. The van der Waals surface area contributed by atoms with Gasteiger partial charge in [0.25, 0.3) is 0 Å². The van der Waals surface area contributed by atoms with Gasteiger partial charge in [0.1, 0.15) is 17.3 Å². The second-order valence-corrected chi connectivity index (χ2v) is 7.94. The Kier molecular flexibility index (Phi) is 6.59. The van der Waals surface area contributed by atoms with Crippen molar-refractivity contribution >= 4 is 23.1 Å². The van der Waals surface area contributed by atoms with Crippen molar-refractivity contribution in [3.05, 3.63) is 100 Å². The summed E-state index contributed by atoms with van der Waals surface area (Å²) in [4.78, 5) is 12.8. The van der Waals surface area contributed by atoms with Gasteiger partial charge in [-0.3, -0.25) is 4.79 Å². The summed E-state index contributed by atoms with van der Waals surface area (Å²) in [6.45, 7) is 2.43. The molecule has 3 aromatic rings. The van der Waals surface area contributed by atoms with Crippen LogP contribution in [0.25, 0.3) is 17.2 Å². The smallest absolute Gasteiger partial charge is 0.224 e. The summed E-state index contributed by atoms with van der Waals surface area (Å²) in [6.07, 6.45) is 2.19. The molecule has 168 valence electrons. The number of nitrogens with one attached hydrogen (secondary N) is 1. The average molecular weight is 444 g/mol. The standard InChI is InChI=1S/C28H26FNO3/c1-18-25(13-20-11-22(32-2)15-23(12-20)33-3)24-10-9-21(29)14-27(24)26(18)16-28(31)30-17-19-7-5-4-6-8-19/h4-15H,16-17H2,1-3H3,(H,30,31). The zero-order chi connectivity index (χ0) is 23.4. The Balaban J connectivity index is 1.66. The summed E-state index contributed by atoms with van der Waals surface area (Å²) in [6, 6.07) is 20.1. The Morgan fingerprint density at radius 3 is 2.30 bits per heavy atom. The van der Waals surface area contributed by atoms with Crippen molar-refractivity contribution < 1.29 is 18.7 Å². The van der Waals surface area contributed by atoms with Crippen LogP contribution in [-0.4, -0.2) is 20.1 Å². The van der Waals surface area contributed by atoms with E-state index in [2.05, 4.69) is 5.32 Å². The van der Waals surface area contributed by atoms with E-state index in [0.29, 0.717) is 18.0 Å². The van der Waals surface area contributed by atoms with Crippen LogP contribution < -0.4 is 14.8 Å². The number of benzene rings is 3. The van der Waals surface area contributed by atoms with Crippen molar-refractivity contribution in [2.75, 3.05) is 14.2 Å². The summed E-state index contributed by atoms with van der Waals surface area (Å²) >= 11 is 0. The maximum atomic E-state index is 14.1. The quantitative estimate of drug-likeness (QED) is 0.496. The van der Waals surface area contributed by atoms with E-state index in [1.54, 1.807) is 20.3 Å². The Morgan fingerprint density at radius 1 is 0.939 bits per heavy atom. The largest absolute Gasteiger partial charge is 0.497 e. The van der Waals surface area contributed by atoms with E-state index in [-0.39, 0.29) is 18.1 Å². The third-order valence-corrected chi connectivity index (χ3v) is 5.81. The first kappa shape index (κ1) is 22.3. The van der Waals surface area contributed by atoms with E-state index < -0.39 is 0 Å². The molecule has 0 fully saturated rings. The molecule has 33 heavy (non-hydrogen) atoms. The molecule has 0 spiro atoms. The molecule has 5 heteroatoms. The molecule has 1 N–H and O–H groups in total. The summed E-state index contributed by atoms with van der Waals surface area (Å²) in [7, 11) is 3.22. The fourth-order valence-corrected chi connectivity index (χ4v) is 4.08. The van der Waals surface area contributed by atoms with Crippen LogP contribution in [0.5, 0.6) is 11.5 Å². The third kappa shape index (κ3) is 4.98. The predicted molar refractivity (Wildman–Crippen MR) is 129 cm³/mol. The molecule has 1 amide bonds. The number of hydrogen-bond donors (Lipinski definition) is 1. The molecule has 0 saturated carbocycles. The van der Waals surface area contributed by atoms with Gasteiger partial charge in [0, 0.05) is 12.6 Å². The first-order chi connectivity index (χ1) is 16.0. The number of methoxy groups -OCH3 is 2. The van der Waals surface area contributed by atoms with Gasteiger partial charge in [0.2, 0.25) is 5.91 Å². The molecule has 3 aromatic carbocycles.